The molecule has 7 aromatic carbocycles. The summed E-state index contributed by atoms with van der Waals surface area (Å²) in [5, 5.41) is 4.91. The Morgan fingerprint density at radius 3 is 1.61 bits per heavy atom. The Balaban J connectivity index is 1.18. The summed E-state index contributed by atoms with van der Waals surface area (Å²) in [5.74, 6) is 0. The van der Waals surface area contributed by atoms with Crippen LogP contribution in [0.4, 0.5) is 28.4 Å². The molecule has 7 aromatic rings. The third-order valence-electron chi connectivity index (χ3n) is 8.25. The van der Waals surface area contributed by atoms with Crippen LogP contribution in [0.25, 0.3) is 21.5 Å². The third-order valence-corrected chi connectivity index (χ3v) is 8.89. The Kier molecular flexibility index (Phi) is 8.93. The van der Waals surface area contributed by atoms with Gasteiger partial charge in [0.1, 0.15) is 0 Å². The van der Waals surface area contributed by atoms with Gasteiger partial charge in [-0.2, -0.15) is 0 Å². The van der Waals surface area contributed by atoms with Gasteiger partial charge in [0.05, 0.1) is 17.1 Å². The molecule has 2 nitrogen and oxygen atoms in total. The molecule has 0 unspecified atom stereocenters. The second kappa shape index (κ2) is 13.9. The highest BCUT2D eigenvalue weighted by Crippen LogP contribution is 2.39. The molecule has 222 valence electrons. The number of hydrogen-bond acceptors (Lipinski definition) is 2. The molecule has 0 aliphatic rings. The van der Waals surface area contributed by atoms with E-state index in [4.69, 9.17) is 0 Å². The lowest BCUT2D eigenvalue weighted by Crippen LogP contribution is -2.15. The standard InChI is InChI=1S/C43H33IN2/c44-32-39(46(37-21-5-2-6-22-37)43-27-13-18-35-16-8-10-25-41(35)43)23-11-14-33-28-30-38(31-29-33)45(36-19-3-1-4-20-36)42-26-12-17-34-15-7-9-24-40(34)42/h1-13,15-32H,14H2/b23-11-,39-32+. The highest BCUT2D eigenvalue weighted by molar-refractivity contribution is 14.1. The summed E-state index contributed by atoms with van der Waals surface area (Å²) in [6.45, 7) is 0. The van der Waals surface area contributed by atoms with Crippen molar-refractivity contribution in [2.75, 3.05) is 9.80 Å². The minimum absolute atomic E-state index is 0.825. The first kappa shape index (κ1) is 29.6. The van der Waals surface area contributed by atoms with Crippen molar-refractivity contribution in [3.05, 3.63) is 197 Å². The van der Waals surface area contributed by atoms with Crippen LogP contribution < -0.4 is 9.80 Å². The maximum absolute atomic E-state index is 2.36. The molecule has 0 radical (unpaired) electrons. The molecule has 0 amide bonds. The molecule has 0 aliphatic carbocycles. The lowest BCUT2D eigenvalue weighted by molar-refractivity contribution is 1.20. The summed E-state index contributed by atoms with van der Waals surface area (Å²) < 4.78 is 2.16. The number of halogens is 1. The quantitative estimate of drug-likeness (QED) is 0.109. The highest BCUT2D eigenvalue weighted by Gasteiger charge is 2.16. The van der Waals surface area contributed by atoms with Crippen LogP contribution in [-0.2, 0) is 6.42 Å². The zero-order valence-corrected chi connectivity index (χ0v) is 27.5. The van der Waals surface area contributed by atoms with Crippen molar-refractivity contribution in [1.82, 2.24) is 0 Å². The van der Waals surface area contributed by atoms with Crippen molar-refractivity contribution in [2.45, 2.75) is 6.42 Å². The van der Waals surface area contributed by atoms with Gasteiger partial charge in [-0.15, -0.1) is 0 Å². The largest absolute Gasteiger partial charge is 0.310 e. The van der Waals surface area contributed by atoms with Gasteiger partial charge in [-0.1, -0.05) is 150 Å². The van der Waals surface area contributed by atoms with E-state index in [9.17, 15) is 0 Å². The van der Waals surface area contributed by atoms with E-state index < -0.39 is 0 Å². The molecule has 0 fully saturated rings. The fourth-order valence-electron chi connectivity index (χ4n) is 6.07. The highest BCUT2D eigenvalue weighted by atomic mass is 127. The van der Waals surface area contributed by atoms with Gasteiger partial charge in [0.2, 0.25) is 0 Å². The first-order valence-electron chi connectivity index (χ1n) is 15.5. The van der Waals surface area contributed by atoms with E-state index in [1.165, 1.54) is 32.8 Å². The Bertz CT molecular complexity index is 2120. The summed E-state index contributed by atoms with van der Waals surface area (Å²) in [4.78, 5) is 4.69. The van der Waals surface area contributed by atoms with E-state index in [1.807, 2.05) is 0 Å². The van der Waals surface area contributed by atoms with Crippen molar-refractivity contribution in [3.63, 3.8) is 0 Å². The Labute approximate surface area is 284 Å². The van der Waals surface area contributed by atoms with Crippen LogP contribution >= 0.6 is 22.6 Å². The van der Waals surface area contributed by atoms with E-state index in [1.54, 1.807) is 0 Å². The van der Waals surface area contributed by atoms with Crippen LogP contribution in [0, 0.1) is 0 Å². The van der Waals surface area contributed by atoms with Gasteiger partial charge in [0.15, 0.2) is 0 Å². The SMILES string of the molecule is I/C=C(\C=C/Cc1ccc(N(c2ccccc2)c2cccc3ccccc23)cc1)N(c1ccccc1)c1cccc2ccccc12. The lowest BCUT2D eigenvalue weighted by atomic mass is 10.1. The van der Waals surface area contributed by atoms with Crippen LogP contribution in [0.15, 0.2) is 192 Å². The molecule has 0 heterocycles. The maximum atomic E-state index is 2.36. The fourth-order valence-corrected chi connectivity index (χ4v) is 6.56. The van der Waals surface area contributed by atoms with Gasteiger partial charge in [-0.25, -0.2) is 0 Å². The predicted molar refractivity (Wildman–Crippen MR) is 206 cm³/mol. The van der Waals surface area contributed by atoms with Gasteiger partial charge < -0.3 is 9.80 Å². The third kappa shape index (κ3) is 6.19. The van der Waals surface area contributed by atoms with Crippen LogP contribution in [0.1, 0.15) is 5.56 Å². The number of anilines is 5. The average molecular weight is 705 g/mol. The zero-order valence-electron chi connectivity index (χ0n) is 25.4. The molecule has 7 rings (SSSR count). The Morgan fingerprint density at radius 2 is 0.978 bits per heavy atom. The number of rotatable bonds is 9. The maximum Gasteiger partial charge on any atom is 0.0540 e. The van der Waals surface area contributed by atoms with Crippen LogP contribution in [0.2, 0.25) is 0 Å². The van der Waals surface area contributed by atoms with Crippen molar-refractivity contribution >= 4 is 72.6 Å². The number of hydrogen-bond donors (Lipinski definition) is 0. The molecular weight excluding hydrogens is 671 g/mol. The van der Waals surface area contributed by atoms with E-state index in [2.05, 4.69) is 218 Å². The van der Waals surface area contributed by atoms with Gasteiger partial charge >= 0.3 is 0 Å². The Hall–Kier alpha value is -5.13. The smallest absolute Gasteiger partial charge is 0.0540 e. The lowest BCUT2D eigenvalue weighted by Gasteiger charge is -2.27. The monoisotopic (exact) mass is 704 g/mol. The Morgan fingerprint density at radius 1 is 0.478 bits per heavy atom. The molecule has 3 heteroatoms. The van der Waals surface area contributed by atoms with Crippen LogP contribution in [0.3, 0.4) is 0 Å². The van der Waals surface area contributed by atoms with E-state index in [0.29, 0.717) is 0 Å². The molecule has 0 atom stereocenters. The molecule has 0 spiro atoms. The topological polar surface area (TPSA) is 6.48 Å². The normalized spacial score (nSPS) is 11.7. The van der Waals surface area contributed by atoms with Gasteiger partial charge in [-0.05, 0) is 77.4 Å². The summed E-state index contributed by atoms with van der Waals surface area (Å²) in [6, 6.07) is 60.4. The van der Waals surface area contributed by atoms with Crippen molar-refractivity contribution < 1.29 is 0 Å². The summed E-state index contributed by atoms with van der Waals surface area (Å²) in [5.41, 5.74) is 8.11. The first-order chi connectivity index (χ1) is 22.8. The molecule has 0 N–H and O–H groups in total. The van der Waals surface area contributed by atoms with Crippen LogP contribution in [-0.4, -0.2) is 0 Å². The minimum Gasteiger partial charge on any atom is -0.310 e. The van der Waals surface area contributed by atoms with E-state index >= 15 is 0 Å². The van der Waals surface area contributed by atoms with Gasteiger partial charge in [-0.3, -0.25) is 0 Å². The molecule has 0 aliphatic heterocycles. The van der Waals surface area contributed by atoms with Gasteiger partial charge in [0.25, 0.3) is 0 Å². The molecule has 0 saturated heterocycles. The molecular formula is C43H33IN2. The molecule has 46 heavy (non-hydrogen) atoms. The number of benzene rings is 7. The van der Waals surface area contributed by atoms with Crippen LogP contribution in [0.5, 0.6) is 0 Å². The van der Waals surface area contributed by atoms with Crippen molar-refractivity contribution in [1.29, 1.82) is 0 Å². The summed E-state index contributed by atoms with van der Waals surface area (Å²) >= 11 is 2.36. The second-order valence-electron chi connectivity index (χ2n) is 11.1. The summed E-state index contributed by atoms with van der Waals surface area (Å²) in [7, 11) is 0. The number of nitrogens with zero attached hydrogens (tertiary/aromatic N) is 2. The molecule has 0 aromatic heterocycles. The first-order valence-corrected chi connectivity index (χ1v) is 16.8. The zero-order chi connectivity index (χ0) is 31.1. The molecule has 0 bridgehead atoms. The second-order valence-corrected chi connectivity index (χ2v) is 11.8. The fraction of sp³-hybridized carbons (Fsp3) is 0.0233. The minimum atomic E-state index is 0.825. The average Bonchev–Trinajstić information content (AvgIpc) is 3.13. The van der Waals surface area contributed by atoms with Crippen molar-refractivity contribution in [3.8, 4) is 0 Å². The van der Waals surface area contributed by atoms with E-state index in [0.717, 1.165) is 34.9 Å². The predicted octanol–water partition coefficient (Wildman–Crippen LogP) is 12.7. The number of allylic oxidation sites excluding steroid dienone is 2. The van der Waals surface area contributed by atoms with E-state index in [-0.39, 0.29) is 0 Å². The number of fused-ring (bicyclic) bond motifs is 2. The van der Waals surface area contributed by atoms with Gasteiger partial charge in [0, 0.05) is 31.9 Å². The number of para-hydroxylation sites is 2. The van der Waals surface area contributed by atoms with Crippen molar-refractivity contribution in [2.24, 2.45) is 0 Å². The molecule has 0 saturated carbocycles. The summed E-state index contributed by atoms with van der Waals surface area (Å²) in [6.07, 6.45) is 5.33.